The lowest BCUT2D eigenvalue weighted by molar-refractivity contribution is -0.157. The fourth-order valence-corrected chi connectivity index (χ4v) is 3.05. The van der Waals surface area contributed by atoms with Crippen LogP contribution in [0.1, 0.15) is 44.6 Å². The molecular weight excluding hydrogens is 372 g/mol. The van der Waals surface area contributed by atoms with Gasteiger partial charge in [0.15, 0.2) is 12.4 Å². The third-order valence-corrected chi connectivity index (χ3v) is 4.70. The molecule has 6 nitrogen and oxygen atoms in total. The molecule has 1 aromatic rings. The number of carbonyl (C=O) groups excluding carboxylic acids is 1. The van der Waals surface area contributed by atoms with E-state index in [0.717, 1.165) is 31.4 Å². The Kier molecular flexibility index (Phi) is 11.6. The van der Waals surface area contributed by atoms with E-state index in [1.807, 2.05) is 49.4 Å². The summed E-state index contributed by atoms with van der Waals surface area (Å²) in [5.74, 6) is -0.358. The van der Waals surface area contributed by atoms with E-state index < -0.39 is 6.10 Å². The average Bonchev–Trinajstić information content (AvgIpc) is 2.78. The minimum Gasteiger partial charge on any atom is -0.467 e. The number of esters is 1. The van der Waals surface area contributed by atoms with Crippen LogP contribution in [0.4, 0.5) is 0 Å². The highest BCUT2D eigenvalue weighted by molar-refractivity contribution is 5.74. The summed E-state index contributed by atoms with van der Waals surface area (Å²) >= 11 is 0. The first-order chi connectivity index (χ1) is 14.2. The molecule has 1 aromatic carbocycles. The predicted molar refractivity (Wildman–Crippen MR) is 110 cm³/mol. The third kappa shape index (κ3) is 9.54. The molecule has 1 saturated heterocycles. The summed E-state index contributed by atoms with van der Waals surface area (Å²) in [7, 11) is 1.38. The smallest absolute Gasteiger partial charge is 0.334 e. The molecule has 0 radical (unpaired) electrons. The van der Waals surface area contributed by atoms with Gasteiger partial charge in [-0.1, -0.05) is 49.4 Å². The molecule has 1 aliphatic heterocycles. The first-order valence-electron chi connectivity index (χ1n) is 10.5. The summed E-state index contributed by atoms with van der Waals surface area (Å²) in [6.45, 7) is 4.18. The topological polar surface area (TPSA) is 63.2 Å². The lowest BCUT2D eigenvalue weighted by Gasteiger charge is -2.22. The zero-order valence-electron chi connectivity index (χ0n) is 17.6. The molecule has 1 heterocycles. The number of hydrogen-bond acceptors (Lipinski definition) is 6. The molecule has 0 bridgehead atoms. The van der Waals surface area contributed by atoms with E-state index in [-0.39, 0.29) is 18.4 Å². The number of ether oxygens (including phenoxy) is 5. The minimum atomic E-state index is -0.591. The molecule has 6 heteroatoms. The summed E-state index contributed by atoms with van der Waals surface area (Å²) in [5, 5.41) is 0. The lowest BCUT2D eigenvalue weighted by atomic mass is 10.2. The Bertz CT molecular complexity index is 582. The van der Waals surface area contributed by atoms with Crippen molar-refractivity contribution < 1.29 is 28.5 Å². The van der Waals surface area contributed by atoms with Gasteiger partial charge >= 0.3 is 5.97 Å². The van der Waals surface area contributed by atoms with Crippen LogP contribution >= 0.6 is 0 Å². The number of rotatable bonds is 13. The Morgan fingerprint density at radius 2 is 2.10 bits per heavy atom. The molecule has 0 N–H and O–H groups in total. The maximum absolute atomic E-state index is 11.9. The van der Waals surface area contributed by atoms with Crippen LogP contribution in [0.25, 0.3) is 0 Å². The van der Waals surface area contributed by atoms with Crippen molar-refractivity contribution in [1.29, 1.82) is 0 Å². The number of benzene rings is 1. The van der Waals surface area contributed by atoms with Crippen molar-refractivity contribution in [3.8, 4) is 0 Å². The summed E-state index contributed by atoms with van der Waals surface area (Å²) in [6, 6.07) is 10.0. The fraction of sp³-hybridized carbons (Fsp3) is 0.609. The Morgan fingerprint density at radius 3 is 2.79 bits per heavy atom. The maximum atomic E-state index is 11.9. The van der Waals surface area contributed by atoms with Crippen LogP contribution in [0.2, 0.25) is 0 Å². The van der Waals surface area contributed by atoms with Gasteiger partial charge in [-0.2, -0.15) is 0 Å². The van der Waals surface area contributed by atoms with Gasteiger partial charge < -0.3 is 23.7 Å². The monoisotopic (exact) mass is 406 g/mol. The van der Waals surface area contributed by atoms with Crippen LogP contribution in [-0.4, -0.2) is 51.4 Å². The highest BCUT2D eigenvalue weighted by atomic mass is 16.7. The number of hydrogen-bond donors (Lipinski definition) is 0. The first-order valence-corrected chi connectivity index (χ1v) is 10.5. The second-order valence-corrected chi connectivity index (χ2v) is 6.98. The van der Waals surface area contributed by atoms with Gasteiger partial charge in [-0.15, -0.1) is 0 Å². The highest BCUT2D eigenvalue weighted by Gasteiger charge is 2.21. The molecule has 2 unspecified atom stereocenters. The number of carbonyl (C=O) groups is 1. The molecule has 2 rings (SSSR count). The first kappa shape index (κ1) is 23.5. The van der Waals surface area contributed by atoms with Gasteiger partial charge in [-0.25, -0.2) is 4.79 Å². The Hall–Kier alpha value is -1.73. The van der Waals surface area contributed by atoms with Crippen molar-refractivity contribution in [2.24, 2.45) is 0 Å². The van der Waals surface area contributed by atoms with Crippen LogP contribution in [0.3, 0.4) is 0 Å². The summed E-state index contributed by atoms with van der Waals surface area (Å²) in [6.07, 6.45) is 7.23. The molecule has 0 spiro atoms. The molecule has 0 saturated carbocycles. The average molecular weight is 407 g/mol. The van der Waals surface area contributed by atoms with Crippen LogP contribution in [0.15, 0.2) is 42.5 Å². The quantitative estimate of drug-likeness (QED) is 0.280. The molecule has 162 valence electrons. The zero-order chi connectivity index (χ0) is 20.7. The molecule has 1 fully saturated rings. The van der Waals surface area contributed by atoms with Gasteiger partial charge in [0, 0.05) is 19.6 Å². The zero-order valence-corrected chi connectivity index (χ0v) is 17.6. The van der Waals surface area contributed by atoms with E-state index in [9.17, 15) is 4.79 Å². The van der Waals surface area contributed by atoms with Crippen molar-refractivity contribution in [1.82, 2.24) is 0 Å². The van der Waals surface area contributed by atoms with Crippen molar-refractivity contribution in [3.05, 3.63) is 48.0 Å². The van der Waals surface area contributed by atoms with Gasteiger partial charge in [-0.05, 0) is 31.2 Å². The summed E-state index contributed by atoms with van der Waals surface area (Å²) in [4.78, 5) is 11.9. The van der Waals surface area contributed by atoms with Crippen molar-refractivity contribution >= 4 is 5.97 Å². The Labute approximate surface area is 174 Å². The van der Waals surface area contributed by atoms with Gasteiger partial charge in [0.25, 0.3) is 0 Å². The van der Waals surface area contributed by atoms with Crippen molar-refractivity contribution in [2.45, 2.75) is 64.1 Å². The molecule has 0 amide bonds. The normalized spacial score (nSPS) is 19.2. The van der Waals surface area contributed by atoms with Crippen LogP contribution in [0.5, 0.6) is 0 Å². The minimum absolute atomic E-state index is 0.125. The Morgan fingerprint density at radius 1 is 1.28 bits per heavy atom. The molecule has 0 aromatic heterocycles. The Balaban J connectivity index is 1.80. The van der Waals surface area contributed by atoms with E-state index in [1.165, 1.54) is 7.11 Å². The van der Waals surface area contributed by atoms with Gasteiger partial charge in [0.2, 0.25) is 0 Å². The van der Waals surface area contributed by atoms with Gasteiger partial charge in [-0.3, -0.25) is 0 Å². The largest absolute Gasteiger partial charge is 0.467 e. The second-order valence-electron chi connectivity index (χ2n) is 6.98. The van der Waals surface area contributed by atoms with E-state index in [2.05, 4.69) is 0 Å². The SMILES string of the molecule is CCC(O[C@H](/C=C/COC1CCCCO1)CCOCc1ccccc1)C(=O)OC. The lowest BCUT2D eigenvalue weighted by Crippen LogP contribution is -2.30. The summed E-state index contributed by atoms with van der Waals surface area (Å²) in [5.41, 5.74) is 1.13. The van der Waals surface area contributed by atoms with E-state index in [4.69, 9.17) is 23.7 Å². The van der Waals surface area contributed by atoms with Gasteiger partial charge in [0.1, 0.15) is 0 Å². The standard InChI is InChI=1S/C23H34O6/c1-3-21(23(24)25-2)29-20(12-9-16-28-22-13-7-8-15-27-22)14-17-26-18-19-10-5-4-6-11-19/h4-6,9-12,20-22H,3,7-8,13-18H2,1-2H3/b12-9+/t20-,21?,22?/m1/s1. The van der Waals surface area contributed by atoms with E-state index in [0.29, 0.717) is 32.7 Å². The van der Waals surface area contributed by atoms with Crippen molar-refractivity contribution in [3.63, 3.8) is 0 Å². The molecule has 0 aliphatic carbocycles. The van der Waals surface area contributed by atoms with Crippen LogP contribution in [0, 0.1) is 0 Å². The third-order valence-electron chi connectivity index (χ3n) is 4.70. The molecule has 1 aliphatic rings. The number of methoxy groups -OCH3 is 1. The molecule has 29 heavy (non-hydrogen) atoms. The van der Waals surface area contributed by atoms with Gasteiger partial charge in [0.05, 0.1) is 26.4 Å². The predicted octanol–water partition coefficient (Wildman–Crippen LogP) is 4.03. The molecular formula is C23H34O6. The molecule has 3 atom stereocenters. The van der Waals surface area contributed by atoms with Crippen molar-refractivity contribution in [2.75, 3.05) is 26.9 Å². The summed E-state index contributed by atoms with van der Waals surface area (Å²) < 4.78 is 27.9. The second kappa shape index (κ2) is 14.3. The van der Waals surface area contributed by atoms with Crippen LogP contribution < -0.4 is 0 Å². The van der Waals surface area contributed by atoms with E-state index in [1.54, 1.807) is 0 Å². The maximum Gasteiger partial charge on any atom is 0.334 e. The highest BCUT2D eigenvalue weighted by Crippen LogP contribution is 2.14. The fourth-order valence-electron chi connectivity index (χ4n) is 3.05. The van der Waals surface area contributed by atoms with Crippen LogP contribution in [-0.2, 0) is 35.1 Å². The van der Waals surface area contributed by atoms with E-state index >= 15 is 0 Å².